The molecule has 0 saturated carbocycles. The molecule has 0 amide bonds. The van der Waals surface area contributed by atoms with Crippen LogP contribution in [-0.2, 0) is 13.2 Å². The molecule has 47 heavy (non-hydrogen) atoms. The van der Waals surface area contributed by atoms with Crippen molar-refractivity contribution < 1.29 is 14.3 Å². The number of carbonyl (C=O) groups is 1. The number of likely N-dealkylation sites (tertiary alicyclic amines) is 2. The van der Waals surface area contributed by atoms with Crippen molar-refractivity contribution in [1.29, 1.82) is 0 Å². The van der Waals surface area contributed by atoms with Crippen LogP contribution < -0.4 is 9.47 Å². The second-order valence-corrected chi connectivity index (χ2v) is 13.3. The van der Waals surface area contributed by atoms with Crippen LogP contribution in [0.15, 0.2) is 78.9 Å². The van der Waals surface area contributed by atoms with E-state index >= 15 is 0 Å². The molecule has 250 valence electrons. The quantitative estimate of drug-likeness (QED) is 0.0864. The van der Waals surface area contributed by atoms with Crippen LogP contribution in [0.25, 0.3) is 11.0 Å². The molecule has 2 saturated heterocycles. The van der Waals surface area contributed by atoms with Crippen molar-refractivity contribution in [2.75, 3.05) is 45.9 Å². The lowest BCUT2D eigenvalue weighted by Crippen LogP contribution is -2.34. The van der Waals surface area contributed by atoms with Gasteiger partial charge in [0.2, 0.25) is 0 Å². The van der Waals surface area contributed by atoms with E-state index < -0.39 is 0 Å². The SMILES string of the molecule is O=C(CCCN1CCC(CCCn2c(COc3ccccc3)nc3c(OCCCN4CCCCC4)cccc32)CC1)c1ccccc1. The molecule has 1 aromatic heterocycles. The molecular weight excluding hydrogens is 584 g/mol. The number of fused-ring (bicyclic) bond motifs is 1. The Balaban J connectivity index is 1.01. The van der Waals surface area contributed by atoms with Gasteiger partial charge in [-0.15, -0.1) is 0 Å². The molecule has 0 bridgehead atoms. The number of aryl methyl sites for hydroxylation is 1. The summed E-state index contributed by atoms with van der Waals surface area (Å²) < 4.78 is 14.9. The van der Waals surface area contributed by atoms with Crippen molar-refractivity contribution in [2.24, 2.45) is 5.92 Å². The zero-order chi connectivity index (χ0) is 32.1. The Kier molecular flexibility index (Phi) is 12.3. The van der Waals surface area contributed by atoms with Crippen LogP contribution in [0.2, 0.25) is 0 Å². The molecule has 2 fully saturated rings. The summed E-state index contributed by atoms with van der Waals surface area (Å²) in [6.45, 7) is 8.89. The highest BCUT2D eigenvalue weighted by molar-refractivity contribution is 5.95. The summed E-state index contributed by atoms with van der Waals surface area (Å²) in [7, 11) is 0. The average Bonchev–Trinajstić information content (AvgIpc) is 3.49. The summed E-state index contributed by atoms with van der Waals surface area (Å²) in [5.74, 6) is 3.69. The predicted molar refractivity (Wildman–Crippen MR) is 189 cm³/mol. The van der Waals surface area contributed by atoms with Crippen LogP contribution in [0.5, 0.6) is 11.5 Å². The third-order valence-corrected chi connectivity index (χ3v) is 9.93. The van der Waals surface area contributed by atoms with Crippen LogP contribution in [0, 0.1) is 5.92 Å². The number of ketones is 1. The van der Waals surface area contributed by atoms with Crippen LogP contribution in [-0.4, -0.2) is 71.0 Å². The van der Waals surface area contributed by atoms with Crippen LogP contribution in [0.1, 0.15) is 80.4 Å². The van der Waals surface area contributed by atoms with E-state index in [0.29, 0.717) is 19.6 Å². The maximum atomic E-state index is 12.5. The van der Waals surface area contributed by atoms with Crippen molar-refractivity contribution in [2.45, 2.75) is 77.4 Å². The molecule has 7 heteroatoms. The van der Waals surface area contributed by atoms with Crippen LogP contribution >= 0.6 is 0 Å². The zero-order valence-electron chi connectivity index (χ0n) is 28.0. The number of para-hydroxylation sites is 2. The van der Waals surface area contributed by atoms with Gasteiger partial charge < -0.3 is 23.8 Å². The maximum Gasteiger partial charge on any atom is 0.162 e. The van der Waals surface area contributed by atoms with Crippen LogP contribution in [0.4, 0.5) is 0 Å². The van der Waals surface area contributed by atoms with E-state index in [4.69, 9.17) is 14.5 Å². The van der Waals surface area contributed by atoms with Gasteiger partial charge in [-0.1, -0.05) is 61.0 Å². The Morgan fingerprint density at radius 2 is 1.45 bits per heavy atom. The van der Waals surface area contributed by atoms with Gasteiger partial charge in [0.25, 0.3) is 0 Å². The Labute approximate surface area is 280 Å². The first kappa shape index (κ1) is 33.2. The first-order valence-electron chi connectivity index (χ1n) is 18.0. The third-order valence-electron chi connectivity index (χ3n) is 9.93. The highest BCUT2D eigenvalue weighted by Gasteiger charge is 2.21. The fourth-order valence-electron chi connectivity index (χ4n) is 7.23. The number of nitrogens with zero attached hydrogens (tertiary/aromatic N) is 4. The van der Waals surface area contributed by atoms with Gasteiger partial charge in [0.05, 0.1) is 12.1 Å². The Morgan fingerprint density at radius 1 is 0.723 bits per heavy atom. The molecule has 0 N–H and O–H groups in total. The number of benzene rings is 3. The monoisotopic (exact) mass is 636 g/mol. The summed E-state index contributed by atoms with van der Waals surface area (Å²) in [4.78, 5) is 22.7. The third kappa shape index (κ3) is 9.68. The lowest BCUT2D eigenvalue weighted by molar-refractivity contribution is 0.0969. The smallest absolute Gasteiger partial charge is 0.162 e. The van der Waals surface area contributed by atoms with Crippen LogP contribution in [0.3, 0.4) is 0 Å². The van der Waals surface area contributed by atoms with E-state index in [1.54, 1.807) is 0 Å². The van der Waals surface area contributed by atoms with Crippen molar-refractivity contribution in [3.8, 4) is 11.5 Å². The molecule has 0 unspecified atom stereocenters. The van der Waals surface area contributed by atoms with E-state index in [1.807, 2.05) is 60.7 Å². The number of rotatable bonds is 17. The predicted octanol–water partition coefficient (Wildman–Crippen LogP) is 8.03. The van der Waals surface area contributed by atoms with Crippen molar-refractivity contribution in [1.82, 2.24) is 19.4 Å². The second kappa shape index (κ2) is 17.5. The zero-order valence-corrected chi connectivity index (χ0v) is 28.0. The molecule has 0 spiro atoms. The molecule has 0 aliphatic carbocycles. The molecule has 3 heterocycles. The van der Waals surface area contributed by atoms with E-state index in [2.05, 4.69) is 32.6 Å². The van der Waals surface area contributed by atoms with E-state index in [9.17, 15) is 4.79 Å². The van der Waals surface area contributed by atoms with Gasteiger partial charge in [-0.05, 0) is 114 Å². The number of imidazole rings is 1. The minimum atomic E-state index is 0.257. The number of carbonyl (C=O) groups excluding carboxylic acids is 1. The number of ether oxygens (including phenoxy) is 2. The van der Waals surface area contributed by atoms with Crippen molar-refractivity contribution in [3.05, 3.63) is 90.3 Å². The number of Topliss-reactive ketones (excluding diaryl/α,β-unsaturated/α-hetero) is 1. The lowest BCUT2D eigenvalue weighted by Gasteiger charge is -2.32. The normalized spacial score (nSPS) is 16.4. The largest absolute Gasteiger partial charge is 0.491 e. The molecular formula is C40H52N4O3. The number of piperidine rings is 2. The molecule has 0 atom stereocenters. The summed E-state index contributed by atoms with van der Waals surface area (Å²) in [5, 5.41) is 0. The van der Waals surface area contributed by atoms with Gasteiger partial charge in [-0.3, -0.25) is 4.79 Å². The highest BCUT2D eigenvalue weighted by Crippen LogP contribution is 2.29. The van der Waals surface area contributed by atoms with Gasteiger partial charge in [0.15, 0.2) is 5.78 Å². The molecule has 7 nitrogen and oxygen atoms in total. The Bertz CT molecular complexity index is 1510. The fraction of sp³-hybridized carbons (Fsp3) is 0.500. The number of hydrogen-bond acceptors (Lipinski definition) is 6. The summed E-state index contributed by atoms with van der Waals surface area (Å²) >= 11 is 0. The molecule has 4 aromatic rings. The fourth-order valence-corrected chi connectivity index (χ4v) is 7.23. The lowest BCUT2D eigenvalue weighted by atomic mass is 9.92. The second-order valence-electron chi connectivity index (χ2n) is 13.3. The van der Waals surface area contributed by atoms with E-state index in [0.717, 1.165) is 91.8 Å². The van der Waals surface area contributed by atoms with Crippen molar-refractivity contribution >= 4 is 16.8 Å². The summed E-state index contributed by atoms with van der Waals surface area (Å²) in [6, 6.07) is 26.0. The van der Waals surface area contributed by atoms with Gasteiger partial charge in [-0.25, -0.2) is 4.98 Å². The Hall–Kier alpha value is -3.68. The van der Waals surface area contributed by atoms with Gasteiger partial charge in [0, 0.05) is 25.1 Å². The first-order valence-corrected chi connectivity index (χ1v) is 18.0. The Morgan fingerprint density at radius 3 is 2.23 bits per heavy atom. The highest BCUT2D eigenvalue weighted by atomic mass is 16.5. The molecule has 2 aliphatic rings. The average molecular weight is 637 g/mol. The van der Waals surface area contributed by atoms with E-state index in [1.165, 1.54) is 51.6 Å². The maximum absolute atomic E-state index is 12.5. The minimum Gasteiger partial charge on any atom is -0.491 e. The number of aromatic nitrogens is 2. The molecule has 3 aromatic carbocycles. The van der Waals surface area contributed by atoms with Gasteiger partial charge in [0.1, 0.15) is 29.4 Å². The van der Waals surface area contributed by atoms with Crippen molar-refractivity contribution in [3.63, 3.8) is 0 Å². The molecule has 0 radical (unpaired) electrons. The van der Waals surface area contributed by atoms with Gasteiger partial charge in [-0.2, -0.15) is 0 Å². The van der Waals surface area contributed by atoms with Gasteiger partial charge >= 0.3 is 0 Å². The minimum absolute atomic E-state index is 0.257. The number of hydrogen-bond donors (Lipinski definition) is 0. The first-order chi connectivity index (χ1) is 23.2. The topological polar surface area (TPSA) is 59.8 Å². The summed E-state index contributed by atoms with van der Waals surface area (Å²) in [5.41, 5.74) is 2.90. The standard InChI is InChI=1S/C40H52N4O3/c45-37(34-15-4-1-5-16-34)20-12-26-43-29-22-33(23-30-43)14-11-28-44-36-19-10-21-38(46-31-13-27-42-24-8-3-9-25-42)40(36)41-39(44)32-47-35-17-6-2-7-18-35/h1-2,4-7,10,15-19,21,33H,3,8-9,11-14,20,22-32H2. The summed E-state index contributed by atoms with van der Waals surface area (Å²) in [6.07, 6.45) is 11.4. The molecule has 2 aliphatic heterocycles. The van der Waals surface area contributed by atoms with E-state index in [-0.39, 0.29) is 5.78 Å². The molecule has 6 rings (SSSR count).